The summed E-state index contributed by atoms with van der Waals surface area (Å²) >= 11 is 0. The predicted molar refractivity (Wildman–Crippen MR) is 126 cm³/mol. The molecule has 0 bridgehead atoms. The quantitative estimate of drug-likeness (QED) is 0.544. The molecule has 3 aromatic rings. The molecule has 0 saturated carbocycles. The van der Waals surface area contributed by atoms with Gasteiger partial charge in [-0.15, -0.1) is 0 Å². The van der Waals surface area contributed by atoms with E-state index in [-0.39, 0.29) is 0 Å². The number of carbonyl (C=O) groups excluding carboxylic acids is 2. The molecule has 5 nitrogen and oxygen atoms in total. The van der Waals surface area contributed by atoms with E-state index in [0.29, 0.717) is 24.3 Å². The predicted octanol–water partition coefficient (Wildman–Crippen LogP) is 4.64. The molecular formula is C27H23N3O2. The maximum Gasteiger partial charge on any atom is 0.299 e. The summed E-state index contributed by atoms with van der Waals surface area (Å²) in [4.78, 5) is 31.0. The van der Waals surface area contributed by atoms with Crippen molar-refractivity contribution in [2.24, 2.45) is 0 Å². The average molecular weight is 422 g/mol. The van der Waals surface area contributed by atoms with E-state index in [1.807, 2.05) is 96.4 Å². The summed E-state index contributed by atoms with van der Waals surface area (Å²) in [6, 6.07) is 25.8. The van der Waals surface area contributed by atoms with Gasteiger partial charge in [-0.2, -0.15) is 0 Å². The van der Waals surface area contributed by atoms with E-state index < -0.39 is 11.7 Å². The first-order valence-corrected chi connectivity index (χ1v) is 10.7. The van der Waals surface area contributed by atoms with E-state index >= 15 is 0 Å². The van der Waals surface area contributed by atoms with Gasteiger partial charge in [0, 0.05) is 44.4 Å². The van der Waals surface area contributed by atoms with Crippen LogP contribution in [-0.2, 0) is 11.3 Å². The molecule has 0 spiro atoms. The molecule has 0 N–H and O–H groups in total. The van der Waals surface area contributed by atoms with Crippen LogP contribution in [0.15, 0.2) is 104 Å². The van der Waals surface area contributed by atoms with Gasteiger partial charge in [0.15, 0.2) is 0 Å². The monoisotopic (exact) mass is 421 g/mol. The standard InChI is InChI=1S/C27H23N3O2/c31-26-24-19-23(22-9-5-2-6-10-22)11-12-25(24)30(27(26)32)18-17-28-13-15-29(16-14-28)20-21-7-3-1-4-8-21/h1-16,19H,17-18,20H2. The number of benzene rings is 3. The van der Waals surface area contributed by atoms with Crippen LogP contribution < -0.4 is 4.90 Å². The van der Waals surface area contributed by atoms with Gasteiger partial charge < -0.3 is 14.7 Å². The lowest BCUT2D eigenvalue weighted by Crippen LogP contribution is -2.35. The molecule has 0 aliphatic carbocycles. The van der Waals surface area contributed by atoms with Gasteiger partial charge in [-0.1, -0.05) is 66.7 Å². The Morgan fingerprint density at radius 3 is 2.00 bits per heavy atom. The van der Waals surface area contributed by atoms with Crippen molar-refractivity contribution in [1.29, 1.82) is 0 Å². The Labute approximate surface area is 187 Å². The van der Waals surface area contributed by atoms with Gasteiger partial charge in [-0.25, -0.2) is 0 Å². The summed E-state index contributed by atoms with van der Waals surface area (Å²) in [7, 11) is 0. The first-order chi connectivity index (χ1) is 15.7. The number of nitrogens with zero attached hydrogens (tertiary/aromatic N) is 3. The van der Waals surface area contributed by atoms with Crippen molar-refractivity contribution in [3.8, 4) is 11.1 Å². The minimum Gasteiger partial charge on any atom is -0.350 e. The topological polar surface area (TPSA) is 43.9 Å². The van der Waals surface area contributed by atoms with E-state index in [2.05, 4.69) is 17.0 Å². The highest BCUT2D eigenvalue weighted by Crippen LogP contribution is 2.33. The van der Waals surface area contributed by atoms with Crippen LogP contribution in [0.4, 0.5) is 5.69 Å². The van der Waals surface area contributed by atoms with E-state index in [0.717, 1.165) is 17.7 Å². The highest BCUT2D eigenvalue weighted by Gasteiger charge is 2.35. The van der Waals surface area contributed by atoms with Gasteiger partial charge in [0.25, 0.3) is 11.7 Å². The van der Waals surface area contributed by atoms with E-state index in [1.54, 1.807) is 4.90 Å². The molecule has 1 amide bonds. The fourth-order valence-corrected chi connectivity index (χ4v) is 4.04. The Kier molecular flexibility index (Phi) is 5.30. The van der Waals surface area contributed by atoms with Crippen molar-refractivity contribution >= 4 is 17.4 Å². The van der Waals surface area contributed by atoms with Crippen molar-refractivity contribution in [2.75, 3.05) is 18.0 Å². The number of ketones is 1. The maximum absolute atomic E-state index is 12.7. The van der Waals surface area contributed by atoms with Gasteiger partial charge in [0.2, 0.25) is 0 Å². The third-order valence-corrected chi connectivity index (χ3v) is 5.77. The van der Waals surface area contributed by atoms with Crippen LogP contribution in [0, 0.1) is 0 Å². The van der Waals surface area contributed by atoms with Gasteiger partial charge >= 0.3 is 0 Å². The number of rotatable bonds is 6. The summed E-state index contributed by atoms with van der Waals surface area (Å²) in [6.07, 6.45) is 8.02. The van der Waals surface area contributed by atoms with Crippen molar-refractivity contribution in [3.05, 3.63) is 115 Å². The summed E-state index contributed by atoms with van der Waals surface area (Å²) in [5, 5.41) is 0. The van der Waals surface area contributed by atoms with Crippen molar-refractivity contribution in [3.63, 3.8) is 0 Å². The van der Waals surface area contributed by atoms with Gasteiger partial charge in [-0.3, -0.25) is 9.59 Å². The number of Topliss-reactive ketones (excluding diaryl/α,β-unsaturated/α-hetero) is 1. The van der Waals surface area contributed by atoms with Crippen LogP contribution in [0.5, 0.6) is 0 Å². The maximum atomic E-state index is 12.7. The second-order valence-electron chi connectivity index (χ2n) is 7.88. The summed E-state index contributed by atoms with van der Waals surface area (Å²) < 4.78 is 0. The SMILES string of the molecule is O=C1C(=O)N(CCN2C=CN(Cc3ccccc3)C=C2)c2ccc(-c3ccccc3)cc21. The van der Waals surface area contributed by atoms with Crippen molar-refractivity contribution in [2.45, 2.75) is 6.54 Å². The molecule has 0 radical (unpaired) electrons. The molecule has 2 aliphatic rings. The number of hydrogen-bond donors (Lipinski definition) is 0. The highest BCUT2D eigenvalue weighted by atomic mass is 16.2. The number of amides is 1. The Hall–Kier alpha value is -4.12. The number of anilines is 1. The van der Waals surface area contributed by atoms with Gasteiger partial charge in [0.05, 0.1) is 11.3 Å². The summed E-state index contributed by atoms with van der Waals surface area (Å²) in [6.45, 7) is 1.85. The molecule has 0 saturated heterocycles. The van der Waals surface area contributed by atoms with E-state index in [4.69, 9.17) is 0 Å². The third-order valence-electron chi connectivity index (χ3n) is 5.77. The zero-order chi connectivity index (χ0) is 21.9. The Morgan fingerprint density at radius 1 is 0.625 bits per heavy atom. The van der Waals surface area contributed by atoms with Crippen LogP contribution in [0.3, 0.4) is 0 Å². The molecule has 5 heteroatoms. The number of hydrogen-bond acceptors (Lipinski definition) is 4. The lowest BCUT2D eigenvalue weighted by atomic mass is 10.0. The molecule has 3 aromatic carbocycles. The first kappa shape index (κ1) is 19.8. The van der Waals surface area contributed by atoms with Crippen LogP contribution >= 0.6 is 0 Å². The average Bonchev–Trinajstić information content (AvgIpc) is 3.09. The summed E-state index contributed by atoms with van der Waals surface area (Å²) in [5.41, 5.74) is 4.37. The van der Waals surface area contributed by atoms with Crippen molar-refractivity contribution < 1.29 is 9.59 Å². The van der Waals surface area contributed by atoms with Crippen LogP contribution in [-0.4, -0.2) is 34.6 Å². The van der Waals surface area contributed by atoms with E-state index in [1.165, 1.54) is 5.56 Å². The van der Waals surface area contributed by atoms with Crippen LogP contribution in [0.2, 0.25) is 0 Å². The van der Waals surface area contributed by atoms with E-state index in [9.17, 15) is 9.59 Å². The zero-order valence-electron chi connectivity index (χ0n) is 17.6. The van der Waals surface area contributed by atoms with Gasteiger partial charge in [-0.05, 0) is 28.8 Å². The minimum absolute atomic E-state index is 0.434. The normalized spacial score (nSPS) is 14.9. The molecule has 2 heterocycles. The minimum atomic E-state index is -0.458. The molecular weight excluding hydrogens is 398 g/mol. The molecule has 0 atom stereocenters. The molecule has 32 heavy (non-hydrogen) atoms. The Bertz CT molecular complexity index is 1190. The van der Waals surface area contributed by atoms with Gasteiger partial charge in [0.1, 0.15) is 0 Å². The smallest absolute Gasteiger partial charge is 0.299 e. The third kappa shape index (κ3) is 3.93. The zero-order valence-corrected chi connectivity index (χ0v) is 17.6. The Morgan fingerprint density at radius 2 is 1.28 bits per heavy atom. The molecule has 0 aromatic heterocycles. The molecule has 158 valence electrons. The Balaban J connectivity index is 1.24. The largest absolute Gasteiger partial charge is 0.350 e. The fraction of sp³-hybridized carbons (Fsp3) is 0.111. The second kappa shape index (κ2) is 8.55. The number of fused-ring (bicyclic) bond motifs is 1. The van der Waals surface area contributed by atoms with Crippen LogP contribution in [0.25, 0.3) is 11.1 Å². The summed E-state index contributed by atoms with van der Waals surface area (Å²) in [5.74, 6) is -0.891. The fourth-order valence-electron chi connectivity index (χ4n) is 4.04. The molecule has 5 rings (SSSR count). The highest BCUT2D eigenvalue weighted by molar-refractivity contribution is 6.52. The van der Waals surface area contributed by atoms with Crippen molar-refractivity contribution in [1.82, 2.24) is 9.80 Å². The molecule has 0 unspecified atom stereocenters. The lowest BCUT2D eigenvalue weighted by Gasteiger charge is -2.26. The number of carbonyl (C=O) groups is 2. The van der Waals surface area contributed by atoms with Crippen LogP contribution in [0.1, 0.15) is 15.9 Å². The lowest BCUT2D eigenvalue weighted by molar-refractivity contribution is -0.114. The second-order valence-corrected chi connectivity index (χ2v) is 7.88. The molecule has 0 fully saturated rings. The first-order valence-electron chi connectivity index (χ1n) is 10.7. The molecule has 2 aliphatic heterocycles.